The van der Waals surface area contributed by atoms with E-state index in [1.807, 2.05) is 6.92 Å². The third-order valence-electron chi connectivity index (χ3n) is 4.86. The van der Waals surface area contributed by atoms with Crippen molar-refractivity contribution in [2.75, 3.05) is 31.6 Å². The summed E-state index contributed by atoms with van der Waals surface area (Å²) in [6.45, 7) is 3.60. The Morgan fingerprint density at radius 2 is 2.14 bits per heavy atom. The number of carbonyl (C=O) groups is 1. The van der Waals surface area contributed by atoms with Gasteiger partial charge in [-0.25, -0.2) is 4.79 Å². The summed E-state index contributed by atoms with van der Waals surface area (Å²) in [7, 11) is -1.10. The van der Waals surface area contributed by atoms with Crippen molar-refractivity contribution in [1.29, 1.82) is 0 Å². The summed E-state index contributed by atoms with van der Waals surface area (Å²) in [4.78, 5) is 14.8. The Balaban J connectivity index is 1.39. The summed E-state index contributed by atoms with van der Waals surface area (Å²) in [6, 6.07) is 8.26. The maximum absolute atomic E-state index is 12.6. The van der Waals surface area contributed by atoms with Crippen molar-refractivity contribution in [1.82, 2.24) is 15.4 Å². The Hall–Kier alpha value is -1.94. The van der Waals surface area contributed by atoms with Gasteiger partial charge in [0.05, 0.1) is 22.7 Å². The molecule has 1 unspecified atom stereocenters. The first-order chi connectivity index (χ1) is 14.0. The molecule has 0 aliphatic carbocycles. The fourth-order valence-corrected chi connectivity index (χ4v) is 4.67. The van der Waals surface area contributed by atoms with Gasteiger partial charge in [0.1, 0.15) is 5.76 Å². The second-order valence-corrected chi connectivity index (χ2v) is 9.03. The topological polar surface area (TPSA) is 108 Å². The van der Waals surface area contributed by atoms with Crippen molar-refractivity contribution in [3.8, 4) is 0 Å². The van der Waals surface area contributed by atoms with Crippen LogP contribution in [0.15, 0.2) is 39.8 Å². The lowest BCUT2D eigenvalue weighted by atomic mass is 10.1. The fourth-order valence-electron chi connectivity index (χ4n) is 3.11. The normalized spacial score (nSPS) is 16.8. The van der Waals surface area contributed by atoms with Crippen LogP contribution in [-0.2, 0) is 17.2 Å². The molecule has 2 amide bonds. The highest BCUT2D eigenvalue weighted by Crippen LogP contribution is 2.24. The average molecular weight is 441 g/mol. The van der Waals surface area contributed by atoms with E-state index >= 15 is 0 Å². The molecule has 2 atom stereocenters. The molecule has 8 nitrogen and oxygen atoms in total. The van der Waals surface area contributed by atoms with Gasteiger partial charge in [-0.05, 0) is 30.7 Å². The molecule has 10 heteroatoms. The number of benzene rings is 1. The number of nitrogens with one attached hydrogen (secondary N) is 2. The van der Waals surface area contributed by atoms with Gasteiger partial charge < -0.3 is 14.9 Å². The zero-order chi connectivity index (χ0) is 20.8. The highest BCUT2D eigenvalue weighted by Gasteiger charge is 2.36. The number of amides is 2. The molecule has 0 bridgehead atoms. The van der Waals surface area contributed by atoms with Crippen LogP contribution < -0.4 is 10.6 Å². The van der Waals surface area contributed by atoms with Gasteiger partial charge in [-0.1, -0.05) is 23.7 Å². The van der Waals surface area contributed by atoms with Crippen LogP contribution >= 0.6 is 11.6 Å². The smallest absolute Gasteiger partial charge is 0.320 e. The van der Waals surface area contributed by atoms with Crippen molar-refractivity contribution in [2.24, 2.45) is 0 Å². The summed E-state index contributed by atoms with van der Waals surface area (Å²) in [6.07, 6.45) is 1.29. The van der Waals surface area contributed by atoms with E-state index in [0.717, 1.165) is 4.90 Å². The number of aliphatic hydroxyl groups is 1. The summed E-state index contributed by atoms with van der Waals surface area (Å²) in [5.41, 5.74) is 0. The van der Waals surface area contributed by atoms with E-state index in [9.17, 15) is 14.1 Å². The molecule has 3 rings (SSSR count). The fraction of sp³-hybridized carbons (Fsp3) is 0.474. The maximum Gasteiger partial charge on any atom is 0.320 e. The number of carbonyl (C=O) groups excluding carboxylic acids is 1. The Labute approximate surface area is 177 Å². The van der Waals surface area contributed by atoms with Gasteiger partial charge in [0.25, 0.3) is 0 Å². The van der Waals surface area contributed by atoms with Crippen LogP contribution in [0.25, 0.3) is 0 Å². The van der Waals surface area contributed by atoms with Gasteiger partial charge in [0.2, 0.25) is 0 Å². The Morgan fingerprint density at radius 1 is 1.41 bits per heavy atom. The lowest BCUT2D eigenvalue weighted by molar-refractivity contribution is 0.0708. The van der Waals surface area contributed by atoms with Crippen molar-refractivity contribution < 1.29 is 18.6 Å². The van der Waals surface area contributed by atoms with Crippen molar-refractivity contribution in [3.05, 3.63) is 41.1 Å². The van der Waals surface area contributed by atoms with E-state index in [1.54, 1.807) is 30.3 Å². The molecule has 0 radical (unpaired) electrons. The van der Waals surface area contributed by atoms with E-state index in [4.69, 9.17) is 16.1 Å². The summed E-state index contributed by atoms with van der Waals surface area (Å²) < 4.78 is 17.6. The molecule has 1 aromatic heterocycles. The number of aliphatic hydroxyl groups excluding tert-OH is 1. The quantitative estimate of drug-likeness (QED) is 0.552. The largest absolute Gasteiger partial charge is 0.395 e. The van der Waals surface area contributed by atoms with Crippen LogP contribution in [0.5, 0.6) is 0 Å². The minimum atomic E-state index is -1.10. The van der Waals surface area contributed by atoms with Crippen LogP contribution in [0.4, 0.5) is 10.6 Å². The molecule has 2 heterocycles. The molecule has 1 aliphatic rings. The van der Waals surface area contributed by atoms with Crippen LogP contribution in [0.1, 0.15) is 19.1 Å². The number of aromatic nitrogens is 1. The van der Waals surface area contributed by atoms with Crippen LogP contribution in [0.3, 0.4) is 0 Å². The first-order valence-corrected chi connectivity index (χ1v) is 11.1. The highest BCUT2D eigenvalue weighted by atomic mass is 35.5. The third-order valence-corrected chi connectivity index (χ3v) is 6.76. The van der Waals surface area contributed by atoms with Gasteiger partial charge in [-0.3, -0.25) is 14.4 Å². The van der Waals surface area contributed by atoms with Crippen LogP contribution in [0.2, 0.25) is 5.02 Å². The Bertz CT molecular complexity index is 839. The zero-order valence-corrected chi connectivity index (χ0v) is 17.7. The number of urea groups is 1. The summed E-state index contributed by atoms with van der Waals surface area (Å²) >= 11 is 5.87. The third kappa shape index (κ3) is 5.79. The van der Waals surface area contributed by atoms with E-state index < -0.39 is 10.8 Å². The molecule has 0 saturated carbocycles. The number of hydrogen-bond acceptors (Lipinski definition) is 6. The Kier molecular flexibility index (Phi) is 7.65. The van der Waals surface area contributed by atoms with Gasteiger partial charge >= 0.3 is 6.03 Å². The first kappa shape index (κ1) is 21.8. The monoisotopic (exact) mass is 440 g/mol. The molecule has 29 heavy (non-hydrogen) atoms. The maximum atomic E-state index is 12.6. The molecule has 1 aliphatic heterocycles. The Morgan fingerprint density at radius 3 is 2.76 bits per heavy atom. The van der Waals surface area contributed by atoms with E-state index in [1.165, 1.54) is 0 Å². The molecule has 2 aromatic rings. The summed E-state index contributed by atoms with van der Waals surface area (Å²) in [5, 5.41) is 19.4. The molecule has 1 aromatic carbocycles. The molecular formula is C19H25ClN4O4S. The molecule has 158 valence electrons. The second kappa shape index (κ2) is 10.2. The highest BCUT2D eigenvalue weighted by molar-refractivity contribution is 7.85. The first-order valence-electron chi connectivity index (χ1n) is 9.51. The molecule has 0 spiro atoms. The zero-order valence-electron chi connectivity index (χ0n) is 16.1. The average Bonchev–Trinajstić information content (AvgIpc) is 3.13. The predicted octanol–water partition coefficient (Wildman–Crippen LogP) is 2.25. The van der Waals surface area contributed by atoms with E-state index in [0.29, 0.717) is 49.1 Å². The van der Waals surface area contributed by atoms with Crippen LogP contribution in [-0.4, -0.2) is 62.9 Å². The van der Waals surface area contributed by atoms with Gasteiger partial charge in [0, 0.05) is 48.1 Å². The van der Waals surface area contributed by atoms with E-state index in [-0.39, 0.29) is 23.9 Å². The van der Waals surface area contributed by atoms with Gasteiger partial charge in [-0.2, -0.15) is 0 Å². The summed E-state index contributed by atoms with van der Waals surface area (Å²) in [5.74, 6) is 1.07. The number of nitrogens with zero attached hydrogens (tertiary/aromatic N) is 2. The molecule has 1 saturated heterocycles. The second-order valence-electron chi connectivity index (χ2n) is 6.87. The van der Waals surface area contributed by atoms with Gasteiger partial charge in [0.15, 0.2) is 5.82 Å². The van der Waals surface area contributed by atoms with Gasteiger partial charge in [-0.15, -0.1) is 0 Å². The minimum absolute atomic E-state index is 0.0211. The van der Waals surface area contributed by atoms with Crippen LogP contribution in [0, 0.1) is 0 Å². The number of hydrogen-bond donors (Lipinski definition) is 3. The number of anilines is 1. The molecular weight excluding hydrogens is 416 g/mol. The number of halogens is 1. The standard InChI is InChI=1S/C19H25ClN4O4S/c1-2-15-9-18(23-28-15)22-19(26)21-8-7-14(12-25)24-10-17(11-24)29(27)16-5-3-13(20)4-6-16/h3-6,9,14,17,25H,2,7-8,10-12H2,1H3,(H2,21,22,23,26)/t14-,29?/m0/s1. The lowest BCUT2D eigenvalue weighted by Crippen LogP contribution is -2.58. The number of rotatable bonds is 9. The SMILES string of the molecule is CCc1cc(NC(=O)NCC[C@@H](CO)N2CC(S(=O)c3ccc(Cl)cc3)C2)no1. The number of aryl methyl sites for hydroxylation is 1. The number of likely N-dealkylation sites (tertiary alicyclic amines) is 1. The van der Waals surface area contributed by atoms with E-state index in [2.05, 4.69) is 20.7 Å². The predicted molar refractivity (Wildman–Crippen MR) is 112 cm³/mol. The van der Waals surface area contributed by atoms with Crippen molar-refractivity contribution >= 4 is 34.2 Å². The molecule has 3 N–H and O–H groups in total. The minimum Gasteiger partial charge on any atom is -0.395 e. The lowest BCUT2D eigenvalue weighted by Gasteiger charge is -2.43. The van der Waals surface area contributed by atoms with Crippen molar-refractivity contribution in [2.45, 2.75) is 36.0 Å². The van der Waals surface area contributed by atoms with Crippen molar-refractivity contribution in [3.63, 3.8) is 0 Å². The molecule has 1 fully saturated rings.